The Morgan fingerprint density at radius 2 is 1.88 bits per heavy atom. The third-order valence-electron chi connectivity index (χ3n) is 2.93. The number of halogens is 1. The molecule has 0 fully saturated rings. The van der Waals surface area contributed by atoms with Crippen LogP contribution in [-0.4, -0.2) is 33.4 Å². The van der Waals surface area contributed by atoms with Gasteiger partial charge in [0, 0.05) is 27.0 Å². The lowest BCUT2D eigenvalue weighted by Crippen LogP contribution is -2.21. The monoisotopic (exact) mass is 466 g/mol. The molecule has 3 aromatic rings. The number of carbonyl (C=O) groups excluding carboxylic acids is 2. The van der Waals surface area contributed by atoms with E-state index in [9.17, 15) is 9.59 Å². The Morgan fingerprint density at radius 3 is 2.60 bits per heavy atom. The van der Waals surface area contributed by atoms with Gasteiger partial charge in [-0.15, -0.1) is 11.3 Å². The molecule has 25 heavy (non-hydrogen) atoms. The third-order valence-corrected chi connectivity index (χ3v) is 4.49. The van der Waals surface area contributed by atoms with Gasteiger partial charge < -0.3 is 10.1 Å². The van der Waals surface area contributed by atoms with Crippen molar-refractivity contribution < 1.29 is 14.3 Å². The Balaban J connectivity index is 1.55. The van der Waals surface area contributed by atoms with Gasteiger partial charge in [-0.2, -0.15) is 0 Å². The summed E-state index contributed by atoms with van der Waals surface area (Å²) in [4.78, 5) is 36.1. The molecule has 0 atom stereocenters. The number of rotatable bonds is 5. The highest BCUT2D eigenvalue weighted by molar-refractivity contribution is 14.1. The van der Waals surface area contributed by atoms with E-state index in [0.717, 1.165) is 3.57 Å². The molecule has 0 bridgehead atoms. The molecule has 2 heterocycles. The van der Waals surface area contributed by atoms with Crippen molar-refractivity contribution in [2.75, 3.05) is 11.9 Å². The second-order valence-corrected chi connectivity index (χ2v) is 6.85. The molecule has 0 saturated carbocycles. The van der Waals surface area contributed by atoms with Crippen LogP contribution in [0.5, 0.6) is 0 Å². The first kappa shape index (κ1) is 17.4. The van der Waals surface area contributed by atoms with Crippen LogP contribution in [-0.2, 0) is 9.53 Å². The van der Waals surface area contributed by atoms with E-state index in [0.29, 0.717) is 16.5 Å². The Morgan fingerprint density at radius 1 is 1.16 bits per heavy atom. The van der Waals surface area contributed by atoms with Gasteiger partial charge in [0.2, 0.25) is 0 Å². The van der Waals surface area contributed by atoms with Crippen molar-refractivity contribution in [1.82, 2.24) is 15.0 Å². The number of benzene rings is 1. The number of esters is 1. The predicted molar refractivity (Wildman–Crippen MR) is 101 cm³/mol. The first-order valence-electron chi connectivity index (χ1n) is 7.07. The smallest absolute Gasteiger partial charge is 0.358 e. The quantitative estimate of drug-likeness (QED) is 0.459. The maximum absolute atomic E-state index is 12.0. The van der Waals surface area contributed by atoms with Crippen LogP contribution in [0.3, 0.4) is 0 Å². The standard InChI is InChI=1S/C16H11IN4O3S/c17-10-2-4-11(5-3-10)20-13(22)8-24-16(23)12-9-25-15(21-12)14-18-6-1-7-19-14/h1-7,9H,8H2,(H,20,22). The predicted octanol–water partition coefficient (Wildman–Crippen LogP) is 3.00. The number of carbonyl (C=O) groups is 2. The molecule has 0 aliphatic rings. The fourth-order valence-corrected chi connectivity index (χ4v) is 2.91. The summed E-state index contributed by atoms with van der Waals surface area (Å²) in [5.41, 5.74) is 0.758. The van der Waals surface area contributed by atoms with Crippen LogP contribution in [0.4, 0.5) is 5.69 Å². The molecule has 0 saturated heterocycles. The summed E-state index contributed by atoms with van der Waals surface area (Å²) in [6.45, 7) is -0.389. The van der Waals surface area contributed by atoms with E-state index in [1.165, 1.54) is 11.3 Å². The molecule has 0 radical (unpaired) electrons. The summed E-state index contributed by atoms with van der Waals surface area (Å²) in [6, 6.07) is 8.97. The minimum atomic E-state index is -0.670. The highest BCUT2D eigenvalue weighted by Crippen LogP contribution is 2.20. The molecule has 3 rings (SSSR count). The Kier molecular flexibility index (Phi) is 5.66. The van der Waals surface area contributed by atoms with Crippen LogP contribution in [0.15, 0.2) is 48.1 Å². The number of ether oxygens (including phenoxy) is 1. The maximum atomic E-state index is 12.0. The number of hydrogen-bond acceptors (Lipinski definition) is 7. The first-order valence-corrected chi connectivity index (χ1v) is 9.03. The average Bonchev–Trinajstić information content (AvgIpc) is 3.13. The zero-order valence-electron chi connectivity index (χ0n) is 12.7. The van der Waals surface area contributed by atoms with Gasteiger partial charge in [0.15, 0.2) is 23.1 Å². The number of thiazole rings is 1. The van der Waals surface area contributed by atoms with Crippen molar-refractivity contribution >= 4 is 51.5 Å². The number of nitrogens with zero attached hydrogens (tertiary/aromatic N) is 3. The van der Waals surface area contributed by atoms with Gasteiger partial charge in [-0.1, -0.05) is 0 Å². The molecular weight excluding hydrogens is 455 g/mol. The molecule has 2 aromatic heterocycles. The van der Waals surface area contributed by atoms with Gasteiger partial charge in [0.25, 0.3) is 5.91 Å². The number of amides is 1. The molecule has 7 nitrogen and oxygen atoms in total. The lowest BCUT2D eigenvalue weighted by molar-refractivity contribution is -0.119. The van der Waals surface area contributed by atoms with Crippen molar-refractivity contribution in [3.8, 4) is 10.8 Å². The highest BCUT2D eigenvalue weighted by atomic mass is 127. The molecule has 0 aliphatic carbocycles. The van der Waals surface area contributed by atoms with Gasteiger partial charge >= 0.3 is 5.97 Å². The Labute approximate surface area is 160 Å². The van der Waals surface area contributed by atoms with E-state index >= 15 is 0 Å². The summed E-state index contributed by atoms with van der Waals surface area (Å²) >= 11 is 3.40. The maximum Gasteiger partial charge on any atom is 0.358 e. The van der Waals surface area contributed by atoms with Gasteiger partial charge in [0.1, 0.15) is 0 Å². The molecule has 9 heteroatoms. The van der Waals surface area contributed by atoms with E-state index in [2.05, 4.69) is 42.9 Å². The second-order valence-electron chi connectivity index (χ2n) is 4.74. The third kappa shape index (κ3) is 4.79. The van der Waals surface area contributed by atoms with Gasteiger partial charge in [-0.3, -0.25) is 4.79 Å². The van der Waals surface area contributed by atoms with Crippen molar-refractivity contribution in [2.45, 2.75) is 0 Å². The minimum absolute atomic E-state index is 0.120. The molecule has 1 aromatic carbocycles. The van der Waals surface area contributed by atoms with E-state index in [1.54, 1.807) is 36.0 Å². The number of nitrogens with one attached hydrogen (secondary N) is 1. The normalized spacial score (nSPS) is 10.3. The summed E-state index contributed by atoms with van der Waals surface area (Å²) < 4.78 is 6.04. The zero-order valence-corrected chi connectivity index (χ0v) is 15.7. The molecule has 0 spiro atoms. The molecule has 1 amide bonds. The lowest BCUT2D eigenvalue weighted by Gasteiger charge is -2.05. The number of anilines is 1. The van der Waals surface area contributed by atoms with Crippen LogP contribution < -0.4 is 5.32 Å². The molecule has 0 unspecified atom stereocenters. The van der Waals surface area contributed by atoms with Gasteiger partial charge in [-0.25, -0.2) is 19.7 Å². The van der Waals surface area contributed by atoms with Crippen molar-refractivity contribution in [2.24, 2.45) is 0 Å². The van der Waals surface area contributed by atoms with E-state index in [-0.39, 0.29) is 12.3 Å². The second kappa shape index (κ2) is 8.12. The van der Waals surface area contributed by atoms with Crippen LogP contribution in [0.2, 0.25) is 0 Å². The summed E-state index contributed by atoms with van der Waals surface area (Å²) in [5, 5.41) is 4.71. The topological polar surface area (TPSA) is 94.1 Å². The SMILES string of the molecule is O=C(COC(=O)c1csc(-c2ncccn2)n1)Nc1ccc(I)cc1. The van der Waals surface area contributed by atoms with Crippen molar-refractivity contribution in [1.29, 1.82) is 0 Å². The fraction of sp³-hybridized carbons (Fsp3) is 0.0625. The van der Waals surface area contributed by atoms with Crippen molar-refractivity contribution in [3.63, 3.8) is 0 Å². The molecule has 0 aliphatic heterocycles. The fourth-order valence-electron chi connectivity index (χ4n) is 1.82. The lowest BCUT2D eigenvalue weighted by atomic mass is 10.3. The van der Waals surface area contributed by atoms with Gasteiger partial charge in [-0.05, 0) is 52.9 Å². The molecule has 1 N–H and O–H groups in total. The van der Waals surface area contributed by atoms with Crippen LogP contribution >= 0.6 is 33.9 Å². The average molecular weight is 466 g/mol. The molecule has 126 valence electrons. The Bertz CT molecular complexity index is 884. The minimum Gasteiger partial charge on any atom is -0.451 e. The van der Waals surface area contributed by atoms with E-state index < -0.39 is 11.9 Å². The summed E-state index contributed by atoms with van der Waals surface area (Å²) in [7, 11) is 0. The van der Waals surface area contributed by atoms with Crippen LogP contribution in [0.1, 0.15) is 10.5 Å². The molecular formula is C16H11IN4O3S. The van der Waals surface area contributed by atoms with E-state index in [4.69, 9.17) is 4.74 Å². The number of aromatic nitrogens is 3. The first-order chi connectivity index (χ1) is 12.1. The Hall–Kier alpha value is -2.40. The largest absolute Gasteiger partial charge is 0.451 e. The number of hydrogen-bond donors (Lipinski definition) is 1. The summed E-state index contributed by atoms with van der Waals surface area (Å²) in [5.74, 6) is -0.657. The van der Waals surface area contributed by atoms with Crippen LogP contribution in [0.25, 0.3) is 10.8 Å². The van der Waals surface area contributed by atoms with E-state index in [1.807, 2.05) is 12.1 Å². The zero-order chi connectivity index (χ0) is 17.6. The van der Waals surface area contributed by atoms with Crippen LogP contribution in [0, 0.1) is 3.57 Å². The highest BCUT2D eigenvalue weighted by Gasteiger charge is 2.16. The van der Waals surface area contributed by atoms with Crippen molar-refractivity contribution in [3.05, 3.63) is 57.4 Å². The van der Waals surface area contributed by atoms with Gasteiger partial charge in [0.05, 0.1) is 0 Å². The summed E-state index contributed by atoms with van der Waals surface area (Å²) in [6.07, 6.45) is 3.19.